The molecule has 0 spiro atoms. The number of rotatable bonds is 4. The summed E-state index contributed by atoms with van der Waals surface area (Å²) in [6.07, 6.45) is -0.322. The predicted octanol–water partition coefficient (Wildman–Crippen LogP) is 1.70. The van der Waals surface area contributed by atoms with Crippen LogP contribution >= 0.6 is 0 Å². The molecule has 0 fully saturated rings. The number of benzene rings is 1. The smallest absolute Gasteiger partial charge is 0.497 e. The number of nitrogens with one attached hydrogen (secondary N) is 1. The first-order valence-electron chi connectivity index (χ1n) is 7.53. The number of hydrogen-bond donors (Lipinski definition) is 1. The second-order valence-corrected chi connectivity index (χ2v) is 5.03. The summed E-state index contributed by atoms with van der Waals surface area (Å²) in [7, 11) is 1.57. The van der Waals surface area contributed by atoms with Gasteiger partial charge in [0.05, 0.1) is 19.4 Å². The van der Waals surface area contributed by atoms with E-state index in [4.69, 9.17) is 14.2 Å². The Hall–Kier alpha value is -3.03. The molecule has 1 aromatic carbocycles. The van der Waals surface area contributed by atoms with E-state index in [-0.39, 0.29) is 18.4 Å². The van der Waals surface area contributed by atoms with Crippen molar-refractivity contribution in [3.05, 3.63) is 35.5 Å². The van der Waals surface area contributed by atoms with Crippen LogP contribution in [0.5, 0.6) is 11.6 Å². The van der Waals surface area contributed by atoms with Crippen LogP contribution in [0.3, 0.4) is 0 Å². The molecule has 1 aromatic heterocycles. The normalized spacial score (nSPS) is 13.0. The highest BCUT2D eigenvalue weighted by Crippen LogP contribution is 2.28. The van der Waals surface area contributed by atoms with Gasteiger partial charge in [-0.15, -0.1) is 5.10 Å². The zero-order valence-corrected chi connectivity index (χ0v) is 13.4. The maximum atomic E-state index is 12.3. The molecule has 8 heteroatoms. The Morgan fingerprint density at radius 1 is 1.33 bits per heavy atom. The number of fused-ring (bicyclic) bond motifs is 1. The van der Waals surface area contributed by atoms with Gasteiger partial charge in [-0.2, -0.15) is 0 Å². The third-order valence-corrected chi connectivity index (χ3v) is 3.58. The quantitative estimate of drug-likeness (QED) is 0.858. The maximum absolute atomic E-state index is 12.3. The molecule has 24 heavy (non-hydrogen) atoms. The summed E-state index contributed by atoms with van der Waals surface area (Å²) in [5.41, 5.74) is 1.59. The van der Waals surface area contributed by atoms with Crippen LogP contribution in [0.4, 0.5) is 4.79 Å². The Labute approximate surface area is 138 Å². The fraction of sp³-hybridized carbons (Fsp3) is 0.312. The van der Waals surface area contributed by atoms with Gasteiger partial charge in [0, 0.05) is 12.1 Å². The van der Waals surface area contributed by atoms with E-state index in [1.807, 2.05) is 0 Å². The van der Waals surface area contributed by atoms with Gasteiger partial charge in [0.1, 0.15) is 11.4 Å². The lowest BCUT2D eigenvalue weighted by atomic mass is 10.1. The number of methoxy groups -OCH3 is 1. The van der Waals surface area contributed by atoms with Gasteiger partial charge >= 0.3 is 6.16 Å². The molecule has 3 rings (SSSR count). The number of amides is 1. The highest BCUT2D eigenvalue weighted by Gasteiger charge is 2.29. The van der Waals surface area contributed by atoms with Crippen molar-refractivity contribution in [2.24, 2.45) is 0 Å². The van der Waals surface area contributed by atoms with Crippen molar-refractivity contribution in [2.45, 2.75) is 13.3 Å². The Kier molecular flexibility index (Phi) is 4.37. The minimum absolute atomic E-state index is 0.0918. The molecule has 0 saturated heterocycles. The average molecular weight is 331 g/mol. The van der Waals surface area contributed by atoms with Crippen LogP contribution in [0.1, 0.15) is 23.0 Å². The molecular formula is C16H17N3O5. The van der Waals surface area contributed by atoms with E-state index in [2.05, 4.69) is 10.4 Å². The fourth-order valence-corrected chi connectivity index (χ4v) is 2.49. The summed E-state index contributed by atoms with van der Waals surface area (Å²) in [6.45, 7) is 2.33. The topological polar surface area (TPSA) is 91.7 Å². The molecule has 126 valence electrons. The summed E-state index contributed by atoms with van der Waals surface area (Å²) < 4.78 is 16.5. The molecule has 0 unspecified atom stereocenters. The third kappa shape index (κ3) is 2.90. The number of hydrogen-bond acceptors (Lipinski definition) is 6. The van der Waals surface area contributed by atoms with Crippen molar-refractivity contribution in [2.75, 3.05) is 20.3 Å². The van der Waals surface area contributed by atoms with Gasteiger partial charge in [0.2, 0.25) is 5.88 Å². The van der Waals surface area contributed by atoms with E-state index < -0.39 is 6.16 Å². The monoisotopic (exact) mass is 331 g/mol. The third-order valence-electron chi connectivity index (χ3n) is 3.58. The molecule has 0 radical (unpaired) electrons. The molecule has 2 aromatic rings. The van der Waals surface area contributed by atoms with Crippen LogP contribution in [0.25, 0.3) is 5.69 Å². The summed E-state index contributed by atoms with van der Waals surface area (Å²) >= 11 is 0. The Morgan fingerprint density at radius 3 is 2.75 bits per heavy atom. The van der Waals surface area contributed by atoms with Crippen LogP contribution in [0.2, 0.25) is 0 Å². The van der Waals surface area contributed by atoms with E-state index >= 15 is 0 Å². The first-order valence-corrected chi connectivity index (χ1v) is 7.53. The van der Waals surface area contributed by atoms with Crippen molar-refractivity contribution >= 4 is 12.1 Å². The van der Waals surface area contributed by atoms with E-state index in [0.29, 0.717) is 35.7 Å². The zero-order valence-electron chi connectivity index (χ0n) is 13.4. The van der Waals surface area contributed by atoms with Gasteiger partial charge in [-0.05, 0) is 37.6 Å². The van der Waals surface area contributed by atoms with Gasteiger partial charge in [-0.1, -0.05) is 0 Å². The SMILES string of the molecule is CCOC(=O)Oc1nn(-c2ccc(OC)cc2)c2c1CCNC2=O. The second kappa shape index (κ2) is 6.61. The van der Waals surface area contributed by atoms with Gasteiger partial charge in [0.15, 0.2) is 0 Å². The summed E-state index contributed by atoms with van der Waals surface area (Å²) in [5, 5.41) is 7.05. The second-order valence-electron chi connectivity index (χ2n) is 5.03. The van der Waals surface area contributed by atoms with Gasteiger partial charge in [0.25, 0.3) is 5.91 Å². The number of ether oxygens (including phenoxy) is 3. The Bertz CT molecular complexity index is 767. The molecule has 0 aliphatic carbocycles. The van der Waals surface area contributed by atoms with Crippen LogP contribution in [0.15, 0.2) is 24.3 Å². The predicted molar refractivity (Wildman–Crippen MR) is 83.8 cm³/mol. The van der Waals surface area contributed by atoms with Crippen molar-refractivity contribution in [3.8, 4) is 17.3 Å². The van der Waals surface area contributed by atoms with E-state index in [1.54, 1.807) is 38.3 Å². The van der Waals surface area contributed by atoms with Crippen molar-refractivity contribution < 1.29 is 23.8 Å². The fourth-order valence-electron chi connectivity index (χ4n) is 2.49. The molecule has 1 aliphatic rings. The van der Waals surface area contributed by atoms with Crippen molar-refractivity contribution in [1.82, 2.24) is 15.1 Å². The van der Waals surface area contributed by atoms with Gasteiger partial charge in [-0.25, -0.2) is 9.48 Å². The summed E-state index contributed by atoms with van der Waals surface area (Å²) in [4.78, 5) is 23.9. The molecule has 0 bridgehead atoms. The van der Waals surface area contributed by atoms with E-state index in [0.717, 1.165) is 0 Å². The van der Waals surface area contributed by atoms with Crippen LogP contribution in [-0.4, -0.2) is 42.1 Å². The number of nitrogens with zero attached hydrogens (tertiary/aromatic N) is 2. The number of aromatic nitrogens is 2. The molecule has 8 nitrogen and oxygen atoms in total. The van der Waals surface area contributed by atoms with Crippen LogP contribution in [0, 0.1) is 0 Å². The van der Waals surface area contributed by atoms with Gasteiger partial charge < -0.3 is 19.5 Å². The largest absolute Gasteiger partial charge is 0.515 e. The summed E-state index contributed by atoms with van der Waals surface area (Å²) in [6, 6.07) is 7.05. The Morgan fingerprint density at radius 2 is 2.08 bits per heavy atom. The standard InChI is InChI=1S/C16H17N3O5/c1-3-23-16(21)24-15-12-8-9-17-14(20)13(12)19(18-15)10-4-6-11(22-2)7-5-10/h4-7H,3,8-9H2,1-2H3,(H,17,20). The first kappa shape index (κ1) is 15.9. The molecule has 1 amide bonds. The Balaban J connectivity index is 2.03. The number of carbonyl (C=O) groups excluding carboxylic acids is 2. The molecular weight excluding hydrogens is 314 g/mol. The van der Waals surface area contributed by atoms with Crippen LogP contribution < -0.4 is 14.8 Å². The van der Waals surface area contributed by atoms with E-state index in [1.165, 1.54) is 4.68 Å². The van der Waals surface area contributed by atoms with Gasteiger partial charge in [-0.3, -0.25) is 4.79 Å². The van der Waals surface area contributed by atoms with E-state index in [9.17, 15) is 9.59 Å². The van der Waals surface area contributed by atoms with Crippen molar-refractivity contribution in [3.63, 3.8) is 0 Å². The van der Waals surface area contributed by atoms with Crippen molar-refractivity contribution in [1.29, 1.82) is 0 Å². The zero-order chi connectivity index (χ0) is 17.1. The lowest BCUT2D eigenvalue weighted by Gasteiger charge is -2.14. The molecule has 1 aliphatic heterocycles. The first-order chi connectivity index (χ1) is 11.6. The molecule has 2 heterocycles. The lowest BCUT2D eigenvalue weighted by Crippen LogP contribution is -2.33. The minimum Gasteiger partial charge on any atom is -0.497 e. The molecule has 0 saturated carbocycles. The number of carbonyl (C=O) groups is 2. The highest BCUT2D eigenvalue weighted by molar-refractivity contribution is 5.96. The minimum atomic E-state index is -0.842. The average Bonchev–Trinajstić information content (AvgIpc) is 2.95. The van der Waals surface area contributed by atoms with Crippen LogP contribution in [-0.2, 0) is 11.2 Å². The highest BCUT2D eigenvalue weighted by atomic mass is 16.7. The summed E-state index contributed by atoms with van der Waals surface area (Å²) in [5.74, 6) is 0.514. The molecule has 0 atom stereocenters. The lowest BCUT2D eigenvalue weighted by molar-refractivity contribution is 0.0933. The maximum Gasteiger partial charge on any atom is 0.515 e. The molecule has 1 N–H and O–H groups in total.